The summed E-state index contributed by atoms with van der Waals surface area (Å²) in [4.78, 5) is 25.9. The van der Waals surface area contributed by atoms with Crippen LogP contribution < -0.4 is 11.3 Å². The first-order valence-corrected chi connectivity index (χ1v) is 3.98. The average Bonchev–Trinajstić information content (AvgIpc) is 2.09. The standard InChI is InChI=1S/C8H11N3O2/c1-2-6(8(9)13)11-5-10-4-3-7(11)12/h3-6H,2H2,1H3,(H2,9,13)/t6-/m0/s1. The van der Waals surface area contributed by atoms with Gasteiger partial charge < -0.3 is 5.73 Å². The second-order valence-corrected chi connectivity index (χ2v) is 2.65. The first-order valence-electron chi connectivity index (χ1n) is 3.98. The van der Waals surface area contributed by atoms with Gasteiger partial charge >= 0.3 is 0 Å². The van der Waals surface area contributed by atoms with Crippen molar-refractivity contribution in [3.05, 3.63) is 28.9 Å². The van der Waals surface area contributed by atoms with Crippen molar-refractivity contribution in [3.8, 4) is 0 Å². The van der Waals surface area contributed by atoms with Crippen LogP contribution in [-0.4, -0.2) is 15.5 Å². The number of amides is 1. The van der Waals surface area contributed by atoms with Gasteiger partial charge in [0.1, 0.15) is 6.04 Å². The number of primary amides is 1. The van der Waals surface area contributed by atoms with Crippen molar-refractivity contribution in [1.82, 2.24) is 9.55 Å². The summed E-state index contributed by atoms with van der Waals surface area (Å²) in [5.41, 5.74) is 4.86. The van der Waals surface area contributed by atoms with Crippen molar-refractivity contribution in [3.63, 3.8) is 0 Å². The van der Waals surface area contributed by atoms with Crippen LogP contribution in [0.5, 0.6) is 0 Å². The Morgan fingerprint density at radius 2 is 2.46 bits per heavy atom. The maximum absolute atomic E-state index is 11.2. The Hall–Kier alpha value is -1.65. The molecule has 70 valence electrons. The number of carbonyl (C=O) groups excluding carboxylic acids is 1. The van der Waals surface area contributed by atoms with Gasteiger partial charge in [-0.3, -0.25) is 14.2 Å². The summed E-state index contributed by atoms with van der Waals surface area (Å²) in [6.07, 6.45) is 3.19. The summed E-state index contributed by atoms with van der Waals surface area (Å²) in [5, 5.41) is 0. The minimum Gasteiger partial charge on any atom is -0.368 e. The van der Waals surface area contributed by atoms with Crippen LogP contribution in [0.25, 0.3) is 0 Å². The molecule has 1 rings (SSSR count). The molecule has 0 aliphatic carbocycles. The first-order chi connectivity index (χ1) is 6.16. The highest BCUT2D eigenvalue weighted by Gasteiger charge is 2.15. The zero-order valence-electron chi connectivity index (χ0n) is 7.30. The molecule has 2 N–H and O–H groups in total. The van der Waals surface area contributed by atoms with Gasteiger partial charge in [0, 0.05) is 12.3 Å². The van der Waals surface area contributed by atoms with Gasteiger partial charge in [-0.2, -0.15) is 0 Å². The minimum absolute atomic E-state index is 0.263. The van der Waals surface area contributed by atoms with Gasteiger partial charge in [-0.15, -0.1) is 0 Å². The molecule has 0 spiro atoms. The Morgan fingerprint density at radius 1 is 1.77 bits per heavy atom. The van der Waals surface area contributed by atoms with E-state index in [1.807, 2.05) is 0 Å². The molecule has 0 bridgehead atoms. The fourth-order valence-corrected chi connectivity index (χ4v) is 1.13. The minimum atomic E-state index is -0.596. The summed E-state index contributed by atoms with van der Waals surface area (Å²) in [5.74, 6) is -0.516. The highest BCUT2D eigenvalue weighted by Crippen LogP contribution is 2.05. The summed E-state index contributed by atoms with van der Waals surface area (Å²) in [6.45, 7) is 1.79. The Bertz CT molecular complexity index is 358. The number of hydrogen-bond acceptors (Lipinski definition) is 3. The Labute approximate surface area is 75.2 Å². The topological polar surface area (TPSA) is 78.0 Å². The number of nitrogens with zero attached hydrogens (tertiary/aromatic N) is 2. The normalized spacial score (nSPS) is 12.4. The molecule has 0 saturated heterocycles. The van der Waals surface area contributed by atoms with E-state index in [-0.39, 0.29) is 5.56 Å². The fraction of sp³-hybridized carbons (Fsp3) is 0.375. The van der Waals surface area contributed by atoms with E-state index in [9.17, 15) is 9.59 Å². The molecule has 0 aliphatic rings. The van der Waals surface area contributed by atoms with Crippen molar-refractivity contribution < 1.29 is 4.79 Å². The van der Waals surface area contributed by atoms with Crippen LogP contribution in [0.1, 0.15) is 19.4 Å². The van der Waals surface area contributed by atoms with Crippen LogP contribution in [0.4, 0.5) is 0 Å². The molecule has 1 aromatic rings. The molecule has 5 nitrogen and oxygen atoms in total. The third-order valence-corrected chi connectivity index (χ3v) is 1.80. The van der Waals surface area contributed by atoms with Gasteiger partial charge in [-0.25, -0.2) is 4.98 Å². The van der Waals surface area contributed by atoms with Crippen LogP contribution in [0, 0.1) is 0 Å². The Morgan fingerprint density at radius 3 is 2.92 bits per heavy atom. The molecule has 1 heterocycles. The van der Waals surface area contributed by atoms with E-state index < -0.39 is 11.9 Å². The lowest BCUT2D eigenvalue weighted by Crippen LogP contribution is -2.33. The average molecular weight is 181 g/mol. The third-order valence-electron chi connectivity index (χ3n) is 1.80. The second kappa shape index (κ2) is 3.84. The van der Waals surface area contributed by atoms with Gasteiger partial charge in [-0.05, 0) is 6.42 Å². The van der Waals surface area contributed by atoms with Gasteiger partial charge in [0.15, 0.2) is 0 Å². The summed E-state index contributed by atoms with van der Waals surface area (Å²) in [7, 11) is 0. The van der Waals surface area contributed by atoms with Gasteiger partial charge in [0.25, 0.3) is 5.56 Å². The van der Waals surface area contributed by atoms with E-state index >= 15 is 0 Å². The maximum Gasteiger partial charge on any atom is 0.253 e. The van der Waals surface area contributed by atoms with E-state index in [1.165, 1.54) is 23.2 Å². The molecule has 0 aliphatic heterocycles. The van der Waals surface area contributed by atoms with Crippen molar-refractivity contribution in [2.45, 2.75) is 19.4 Å². The molecule has 1 amide bonds. The molecule has 0 aromatic carbocycles. The van der Waals surface area contributed by atoms with Crippen LogP contribution in [0.3, 0.4) is 0 Å². The predicted molar refractivity (Wildman–Crippen MR) is 47.0 cm³/mol. The molecular weight excluding hydrogens is 170 g/mol. The van der Waals surface area contributed by atoms with Crippen molar-refractivity contribution >= 4 is 5.91 Å². The van der Waals surface area contributed by atoms with Gasteiger partial charge in [0.05, 0.1) is 6.33 Å². The monoisotopic (exact) mass is 181 g/mol. The lowest BCUT2D eigenvalue weighted by Gasteiger charge is -2.12. The number of aromatic nitrogens is 2. The zero-order valence-corrected chi connectivity index (χ0v) is 7.30. The molecule has 0 unspecified atom stereocenters. The van der Waals surface area contributed by atoms with Gasteiger partial charge in [-0.1, -0.05) is 6.92 Å². The molecule has 1 aromatic heterocycles. The predicted octanol–water partition coefficient (Wildman–Crippen LogP) is -0.320. The number of nitrogens with two attached hydrogens (primary N) is 1. The van der Waals surface area contributed by atoms with E-state index in [0.29, 0.717) is 6.42 Å². The molecule has 0 radical (unpaired) electrons. The molecule has 0 fully saturated rings. The smallest absolute Gasteiger partial charge is 0.253 e. The van der Waals surface area contributed by atoms with Crippen molar-refractivity contribution in [2.75, 3.05) is 0 Å². The zero-order chi connectivity index (χ0) is 9.84. The van der Waals surface area contributed by atoms with E-state index in [0.717, 1.165) is 0 Å². The quantitative estimate of drug-likeness (QED) is 0.694. The van der Waals surface area contributed by atoms with Crippen LogP contribution in [0.15, 0.2) is 23.4 Å². The number of carbonyl (C=O) groups is 1. The van der Waals surface area contributed by atoms with Crippen LogP contribution in [0.2, 0.25) is 0 Å². The van der Waals surface area contributed by atoms with E-state index in [2.05, 4.69) is 4.98 Å². The number of hydrogen-bond donors (Lipinski definition) is 1. The molecular formula is C8H11N3O2. The SMILES string of the molecule is CC[C@@H](C(N)=O)n1cnccc1=O. The fourth-order valence-electron chi connectivity index (χ4n) is 1.13. The lowest BCUT2D eigenvalue weighted by molar-refractivity contribution is -0.121. The number of rotatable bonds is 3. The van der Waals surface area contributed by atoms with Gasteiger partial charge in [0.2, 0.25) is 5.91 Å². The summed E-state index contributed by atoms with van der Waals surface area (Å²) in [6, 6.07) is 0.701. The highest BCUT2D eigenvalue weighted by molar-refractivity contribution is 5.78. The molecule has 5 heteroatoms. The Kier molecular flexibility index (Phi) is 2.79. The summed E-state index contributed by atoms with van der Waals surface area (Å²) >= 11 is 0. The lowest BCUT2D eigenvalue weighted by atomic mass is 10.2. The summed E-state index contributed by atoms with van der Waals surface area (Å²) < 4.78 is 1.24. The Balaban J connectivity index is 3.12. The third kappa shape index (κ3) is 1.93. The van der Waals surface area contributed by atoms with Crippen LogP contribution >= 0.6 is 0 Å². The molecule has 13 heavy (non-hydrogen) atoms. The molecule has 0 saturated carbocycles. The van der Waals surface area contributed by atoms with Crippen molar-refractivity contribution in [2.24, 2.45) is 5.73 Å². The second-order valence-electron chi connectivity index (χ2n) is 2.65. The largest absolute Gasteiger partial charge is 0.368 e. The van der Waals surface area contributed by atoms with Crippen molar-refractivity contribution in [1.29, 1.82) is 0 Å². The van der Waals surface area contributed by atoms with E-state index in [4.69, 9.17) is 5.73 Å². The van der Waals surface area contributed by atoms with E-state index in [1.54, 1.807) is 6.92 Å². The van der Waals surface area contributed by atoms with Crippen LogP contribution in [-0.2, 0) is 4.79 Å². The maximum atomic E-state index is 11.2. The molecule has 1 atom stereocenters. The highest BCUT2D eigenvalue weighted by atomic mass is 16.2. The first kappa shape index (κ1) is 9.44.